The summed E-state index contributed by atoms with van der Waals surface area (Å²) < 4.78 is 28.2. The van der Waals surface area contributed by atoms with Crippen LogP contribution in [0.15, 0.2) is 40.6 Å². The van der Waals surface area contributed by atoms with Crippen molar-refractivity contribution in [3.05, 3.63) is 46.8 Å². The Balaban J connectivity index is 1.68. The Morgan fingerprint density at radius 3 is 2.37 bits per heavy atom. The molecule has 0 radical (unpaired) electrons. The molecule has 2 rings (SSSR count). The molecule has 0 fully saturated rings. The van der Waals surface area contributed by atoms with Crippen molar-refractivity contribution >= 4 is 27.3 Å². The average Bonchev–Trinajstić information content (AvgIpc) is 3.06. The molecule has 0 aliphatic heterocycles. The number of thiophene rings is 1. The fraction of sp³-hybridized carbons (Fsp3) is 0.421. The van der Waals surface area contributed by atoms with Crippen molar-refractivity contribution < 1.29 is 17.9 Å². The van der Waals surface area contributed by atoms with E-state index >= 15 is 0 Å². The second-order valence-corrected chi connectivity index (χ2v) is 10.2. The lowest BCUT2D eigenvalue weighted by molar-refractivity contribution is -0.121. The Morgan fingerprint density at radius 2 is 1.81 bits per heavy atom. The number of nitrogens with one attached hydrogen (secondary N) is 1. The molecular formula is C19H26N2O4S2. The lowest BCUT2D eigenvalue weighted by Crippen LogP contribution is -2.22. The number of benzene rings is 1. The summed E-state index contributed by atoms with van der Waals surface area (Å²) in [6, 6.07) is 11.1. The molecule has 0 spiro atoms. The fourth-order valence-electron chi connectivity index (χ4n) is 2.35. The Labute approximate surface area is 164 Å². The van der Waals surface area contributed by atoms with Gasteiger partial charge in [0.05, 0.1) is 13.2 Å². The standard InChI is InChI=1S/C19H26N2O4S2/c1-19(2,3)14-6-8-15(9-7-14)25-12-4-5-17(22)21-13-16-10-11-18(26-16)27(20,23)24/h6-11H,4-5,12-13H2,1-3H3,(H,21,22)(H2,20,23,24). The maximum atomic E-state index is 11.9. The van der Waals surface area contributed by atoms with E-state index in [4.69, 9.17) is 9.88 Å². The van der Waals surface area contributed by atoms with Gasteiger partial charge in [-0.3, -0.25) is 4.79 Å². The highest BCUT2D eigenvalue weighted by molar-refractivity contribution is 7.91. The predicted octanol–water partition coefficient (Wildman–Crippen LogP) is 3.17. The van der Waals surface area contributed by atoms with Crippen molar-refractivity contribution in [3.8, 4) is 5.75 Å². The minimum atomic E-state index is -3.69. The van der Waals surface area contributed by atoms with Gasteiger partial charge in [0.15, 0.2) is 0 Å². The lowest BCUT2D eigenvalue weighted by atomic mass is 9.87. The highest BCUT2D eigenvalue weighted by Gasteiger charge is 2.13. The molecule has 0 saturated carbocycles. The van der Waals surface area contributed by atoms with Gasteiger partial charge in [0.2, 0.25) is 15.9 Å². The van der Waals surface area contributed by atoms with Gasteiger partial charge in [-0.05, 0) is 41.7 Å². The van der Waals surface area contributed by atoms with Crippen LogP contribution in [-0.4, -0.2) is 20.9 Å². The smallest absolute Gasteiger partial charge is 0.247 e. The van der Waals surface area contributed by atoms with E-state index in [1.807, 2.05) is 12.1 Å². The van der Waals surface area contributed by atoms with E-state index in [-0.39, 0.29) is 22.1 Å². The van der Waals surface area contributed by atoms with Crippen LogP contribution < -0.4 is 15.2 Å². The monoisotopic (exact) mass is 410 g/mol. The molecule has 1 heterocycles. The van der Waals surface area contributed by atoms with Crippen molar-refractivity contribution in [2.75, 3.05) is 6.61 Å². The summed E-state index contributed by atoms with van der Waals surface area (Å²) in [5, 5.41) is 7.83. The van der Waals surface area contributed by atoms with Crippen LogP contribution >= 0.6 is 11.3 Å². The first-order valence-electron chi connectivity index (χ1n) is 8.67. The number of primary sulfonamides is 1. The van der Waals surface area contributed by atoms with Crippen molar-refractivity contribution in [3.63, 3.8) is 0 Å². The Morgan fingerprint density at radius 1 is 1.15 bits per heavy atom. The Kier molecular flexibility index (Phi) is 7.02. The zero-order valence-electron chi connectivity index (χ0n) is 15.8. The van der Waals surface area contributed by atoms with Crippen LogP contribution in [0.2, 0.25) is 0 Å². The van der Waals surface area contributed by atoms with Crippen LogP contribution in [0.3, 0.4) is 0 Å². The van der Waals surface area contributed by atoms with Crippen molar-refractivity contribution in [1.82, 2.24) is 5.32 Å². The van der Waals surface area contributed by atoms with Crippen molar-refractivity contribution in [2.24, 2.45) is 5.14 Å². The molecule has 1 aromatic heterocycles. The number of carbonyl (C=O) groups is 1. The molecule has 1 amide bonds. The molecule has 0 saturated heterocycles. The van der Waals surface area contributed by atoms with Gasteiger partial charge >= 0.3 is 0 Å². The summed E-state index contributed by atoms with van der Waals surface area (Å²) in [5.74, 6) is 0.685. The summed E-state index contributed by atoms with van der Waals surface area (Å²) >= 11 is 1.06. The number of hydrogen-bond acceptors (Lipinski definition) is 5. The van der Waals surface area contributed by atoms with Crippen LogP contribution in [0.5, 0.6) is 5.75 Å². The van der Waals surface area contributed by atoms with Crippen molar-refractivity contribution in [1.29, 1.82) is 0 Å². The van der Waals surface area contributed by atoms with Gasteiger partial charge in [0.25, 0.3) is 0 Å². The van der Waals surface area contributed by atoms with E-state index in [9.17, 15) is 13.2 Å². The van der Waals surface area contributed by atoms with E-state index in [0.29, 0.717) is 19.4 Å². The van der Waals surface area contributed by atoms with Crippen LogP contribution in [-0.2, 0) is 26.8 Å². The maximum absolute atomic E-state index is 11.9. The van der Waals surface area contributed by atoms with Crippen molar-refractivity contribution in [2.45, 2.75) is 49.8 Å². The predicted molar refractivity (Wildman–Crippen MR) is 107 cm³/mol. The van der Waals surface area contributed by atoms with E-state index in [1.165, 1.54) is 11.6 Å². The largest absolute Gasteiger partial charge is 0.494 e. The molecule has 27 heavy (non-hydrogen) atoms. The quantitative estimate of drug-likeness (QED) is 0.653. The highest BCUT2D eigenvalue weighted by Crippen LogP contribution is 2.24. The first kappa shape index (κ1) is 21.4. The third kappa shape index (κ3) is 6.97. The summed E-state index contributed by atoms with van der Waals surface area (Å²) in [7, 11) is -3.69. The fourth-order valence-corrected chi connectivity index (χ4v) is 4.07. The minimum absolute atomic E-state index is 0.0950. The molecule has 8 heteroatoms. The number of amides is 1. The molecular weight excluding hydrogens is 384 g/mol. The molecule has 148 valence electrons. The van der Waals surface area contributed by atoms with Crippen LogP contribution in [0.25, 0.3) is 0 Å². The lowest BCUT2D eigenvalue weighted by Gasteiger charge is -2.19. The van der Waals surface area contributed by atoms with Gasteiger partial charge in [-0.15, -0.1) is 11.3 Å². The molecule has 2 aromatic rings. The number of sulfonamides is 1. The third-order valence-electron chi connectivity index (χ3n) is 3.91. The molecule has 0 unspecified atom stereocenters. The summed E-state index contributed by atoms with van der Waals surface area (Å²) in [6.07, 6.45) is 0.938. The van der Waals surface area contributed by atoms with Crippen LogP contribution in [0, 0.1) is 0 Å². The highest BCUT2D eigenvalue weighted by atomic mass is 32.2. The van der Waals surface area contributed by atoms with Gasteiger partial charge in [0.1, 0.15) is 9.96 Å². The van der Waals surface area contributed by atoms with E-state index in [0.717, 1.165) is 22.0 Å². The minimum Gasteiger partial charge on any atom is -0.494 e. The topological polar surface area (TPSA) is 98.5 Å². The Hall–Kier alpha value is -1.90. The molecule has 1 aromatic carbocycles. The first-order valence-corrected chi connectivity index (χ1v) is 11.0. The van der Waals surface area contributed by atoms with Gasteiger partial charge in [-0.25, -0.2) is 13.6 Å². The van der Waals surface area contributed by atoms with Crippen LogP contribution in [0.1, 0.15) is 44.1 Å². The second kappa shape index (κ2) is 8.86. The molecule has 0 aliphatic carbocycles. The molecule has 0 atom stereocenters. The second-order valence-electron chi connectivity index (χ2n) is 7.27. The van der Waals surface area contributed by atoms with E-state index in [2.05, 4.69) is 38.2 Å². The number of ether oxygens (including phenoxy) is 1. The van der Waals surface area contributed by atoms with Gasteiger partial charge in [-0.1, -0.05) is 32.9 Å². The maximum Gasteiger partial charge on any atom is 0.247 e. The number of nitrogens with two attached hydrogens (primary N) is 1. The average molecular weight is 411 g/mol. The molecule has 0 aliphatic rings. The Bertz CT molecular complexity index is 866. The molecule has 0 bridgehead atoms. The van der Waals surface area contributed by atoms with Crippen LogP contribution in [0.4, 0.5) is 0 Å². The number of rotatable bonds is 8. The molecule has 6 nitrogen and oxygen atoms in total. The normalized spacial score (nSPS) is 12.0. The zero-order chi connectivity index (χ0) is 20.1. The van der Waals surface area contributed by atoms with Gasteiger partial charge < -0.3 is 10.1 Å². The summed E-state index contributed by atoms with van der Waals surface area (Å²) in [4.78, 5) is 12.6. The summed E-state index contributed by atoms with van der Waals surface area (Å²) in [6.45, 7) is 7.22. The zero-order valence-corrected chi connectivity index (χ0v) is 17.5. The third-order valence-corrected chi connectivity index (χ3v) is 6.44. The molecule has 3 N–H and O–H groups in total. The SMILES string of the molecule is CC(C)(C)c1ccc(OCCCC(=O)NCc2ccc(S(N)(=O)=O)s2)cc1. The van der Waals surface area contributed by atoms with E-state index in [1.54, 1.807) is 6.07 Å². The number of hydrogen-bond donors (Lipinski definition) is 2. The summed E-state index contributed by atoms with van der Waals surface area (Å²) in [5.41, 5.74) is 1.35. The van der Waals surface area contributed by atoms with Gasteiger partial charge in [-0.2, -0.15) is 0 Å². The number of carbonyl (C=O) groups excluding carboxylic acids is 1. The van der Waals surface area contributed by atoms with Gasteiger partial charge in [0, 0.05) is 11.3 Å². The first-order chi connectivity index (χ1) is 12.6. The van der Waals surface area contributed by atoms with E-state index < -0.39 is 10.0 Å².